The Balaban J connectivity index is 2.25. The Morgan fingerprint density at radius 1 is 1.16 bits per heavy atom. The Labute approximate surface area is 158 Å². The lowest BCUT2D eigenvalue weighted by Crippen LogP contribution is -3.11. The first-order chi connectivity index (χ1) is 11.8. The van der Waals surface area contributed by atoms with Gasteiger partial charge in [0, 0.05) is 18.8 Å². The van der Waals surface area contributed by atoms with E-state index in [1.54, 1.807) is 25.2 Å². The van der Waals surface area contributed by atoms with Crippen LogP contribution in [0.2, 0.25) is 10.0 Å². The third-order valence-corrected chi connectivity index (χ3v) is 3.96. The number of nitrogens with one attached hydrogen (secondary N) is 3. The Hall–Kier alpha value is -1.34. The molecule has 0 spiro atoms. The van der Waals surface area contributed by atoms with E-state index < -0.39 is 0 Å². The van der Waals surface area contributed by atoms with E-state index in [2.05, 4.69) is 10.6 Å². The zero-order valence-corrected chi connectivity index (χ0v) is 16.3. The van der Waals surface area contributed by atoms with Crippen LogP contribution in [0.3, 0.4) is 0 Å². The van der Waals surface area contributed by atoms with Crippen LogP contribution in [-0.4, -0.2) is 51.2 Å². The molecule has 1 rings (SSSR count). The zero-order chi connectivity index (χ0) is 18.8. The van der Waals surface area contributed by atoms with Crippen molar-refractivity contribution >= 4 is 40.7 Å². The van der Waals surface area contributed by atoms with Gasteiger partial charge in [0.1, 0.15) is 0 Å². The molecular formula is C17H26Cl2N3O3+. The van der Waals surface area contributed by atoms with E-state index in [4.69, 9.17) is 27.9 Å². The molecule has 140 valence electrons. The van der Waals surface area contributed by atoms with Crippen LogP contribution >= 0.6 is 23.2 Å². The highest BCUT2D eigenvalue weighted by Gasteiger charge is 2.14. The zero-order valence-electron chi connectivity index (χ0n) is 14.8. The molecule has 0 saturated heterocycles. The monoisotopic (exact) mass is 390 g/mol. The molecule has 0 bridgehead atoms. The van der Waals surface area contributed by atoms with Crippen LogP contribution in [0.4, 0.5) is 5.69 Å². The van der Waals surface area contributed by atoms with Crippen molar-refractivity contribution in [1.29, 1.82) is 0 Å². The molecule has 0 saturated carbocycles. The van der Waals surface area contributed by atoms with Crippen LogP contribution in [0, 0.1) is 0 Å². The van der Waals surface area contributed by atoms with Crippen molar-refractivity contribution in [1.82, 2.24) is 5.32 Å². The maximum absolute atomic E-state index is 12.0. The number of quaternary nitrogens is 1. The van der Waals surface area contributed by atoms with Crippen molar-refractivity contribution in [3.05, 3.63) is 28.2 Å². The largest absolute Gasteiger partial charge is 0.379 e. The van der Waals surface area contributed by atoms with E-state index in [0.29, 0.717) is 28.9 Å². The minimum atomic E-state index is -0.200. The molecule has 0 aliphatic carbocycles. The van der Waals surface area contributed by atoms with E-state index >= 15 is 0 Å². The van der Waals surface area contributed by atoms with Gasteiger partial charge < -0.3 is 20.3 Å². The first-order valence-corrected chi connectivity index (χ1v) is 8.98. The van der Waals surface area contributed by atoms with Gasteiger partial charge in [-0.25, -0.2) is 0 Å². The maximum Gasteiger partial charge on any atom is 0.279 e. The number of rotatable bonds is 10. The van der Waals surface area contributed by atoms with Gasteiger partial charge in [-0.15, -0.1) is 0 Å². The van der Waals surface area contributed by atoms with Gasteiger partial charge in [-0.3, -0.25) is 9.59 Å². The SMILES string of the molecule is CC(C)OCCCNC(=O)C[NH+](C)CC(=O)Nc1ccc(Cl)c(Cl)c1. The molecule has 2 amide bonds. The average Bonchev–Trinajstić information content (AvgIpc) is 2.50. The molecule has 3 N–H and O–H groups in total. The van der Waals surface area contributed by atoms with E-state index in [0.717, 1.165) is 11.3 Å². The first kappa shape index (κ1) is 21.7. The van der Waals surface area contributed by atoms with E-state index in [1.807, 2.05) is 13.8 Å². The molecule has 0 aliphatic heterocycles. The molecule has 1 aromatic rings. The molecule has 6 nitrogen and oxygen atoms in total. The second-order valence-electron chi connectivity index (χ2n) is 6.11. The number of carbonyl (C=O) groups is 2. The summed E-state index contributed by atoms with van der Waals surface area (Å²) >= 11 is 11.7. The van der Waals surface area contributed by atoms with Gasteiger partial charge in [0.05, 0.1) is 23.2 Å². The number of anilines is 1. The molecule has 25 heavy (non-hydrogen) atoms. The van der Waals surface area contributed by atoms with Gasteiger partial charge in [-0.2, -0.15) is 0 Å². The summed E-state index contributed by atoms with van der Waals surface area (Å²) in [6.07, 6.45) is 0.959. The van der Waals surface area contributed by atoms with Crippen molar-refractivity contribution in [2.75, 3.05) is 38.6 Å². The summed E-state index contributed by atoms with van der Waals surface area (Å²) in [7, 11) is 1.79. The van der Waals surface area contributed by atoms with Crippen LogP contribution < -0.4 is 15.5 Å². The summed E-state index contributed by atoms with van der Waals surface area (Å²) in [6.45, 7) is 5.52. The number of hydrogen-bond donors (Lipinski definition) is 3. The lowest BCUT2D eigenvalue weighted by molar-refractivity contribution is -0.862. The number of likely N-dealkylation sites (N-methyl/N-ethyl adjacent to an activating group) is 1. The van der Waals surface area contributed by atoms with Gasteiger partial charge in [-0.05, 0) is 38.5 Å². The summed E-state index contributed by atoms with van der Waals surface area (Å²) in [5, 5.41) is 6.36. The first-order valence-electron chi connectivity index (χ1n) is 8.22. The van der Waals surface area contributed by atoms with E-state index in [9.17, 15) is 9.59 Å². The predicted molar refractivity (Wildman–Crippen MR) is 100 cm³/mol. The molecule has 0 radical (unpaired) electrons. The van der Waals surface area contributed by atoms with Crippen LogP contribution in [0.5, 0.6) is 0 Å². The van der Waals surface area contributed by atoms with Crippen molar-refractivity contribution in [3.8, 4) is 0 Å². The molecule has 0 heterocycles. The third-order valence-electron chi connectivity index (χ3n) is 3.22. The van der Waals surface area contributed by atoms with Crippen molar-refractivity contribution in [2.45, 2.75) is 26.4 Å². The van der Waals surface area contributed by atoms with Crippen LogP contribution in [-0.2, 0) is 14.3 Å². The minimum absolute atomic E-state index is 0.0932. The van der Waals surface area contributed by atoms with Crippen LogP contribution in [0.15, 0.2) is 18.2 Å². The minimum Gasteiger partial charge on any atom is -0.379 e. The second-order valence-corrected chi connectivity index (χ2v) is 6.93. The van der Waals surface area contributed by atoms with Gasteiger partial charge in [0.15, 0.2) is 13.1 Å². The quantitative estimate of drug-likeness (QED) is 0.528. The molecular weight excluding hydrogens is 365 g/mol. The highest BCUT2D eigenvalue weighted by molar-refractivity contribution is 6.42. The Bertz CT molecular complexity index is 582. The number of carbonyl (C=O) groups excluding carboxylic acids is 2. The molecule has 0 aliphatic rings. The molecule has 8 heteroatoms. The standard InChI is InChI=1S/C17H25Cl2N3O3/c1-12(2)25-8-4-7-20-16(23)10-22(3)11-17(24)21-13-5-6-14(18)15(19)9-13/h5-6,9,12H,4,7-8,10-11H2,1-3H3,(H,20,23)(H,21,24)/p+1. The third kappa shape index (κ3) is 9.65. The summed E-state index contributed by atoms with van der Waals surface area (Å²) in [4.78, 5) is 24.6. The number of ether oxygens (including phenoxy) is 1. The van der Waals surface area contributed by atoms with E-state index in [-0.39, 0.29) is 31.0 Å². The normalized spacial score (nSPS) is 12.1. The molecule has 1 atom stereocenters. The van der Waals surface area contributed by atoms with Gasteiger partial charge >= 0.3 is 0 Å². The number of amides is 2. The highest BCUT2D eigenvalue weighted by Crippen LogP contribution is 2.24. The summed E-state index contributed by atoms with van der Waals surface area (Å²) < 4.78 is 5.40. The summed E-state index contributed by atoms with van der Waals surface area (Å²) in [6, 6.07) is 4.88. The second kappa shape index (κ2) is 11.3. The topological polar surface area (TPSA) is 71.9 Å². The fourth-order valence-corrected chi connectivity index (χ4v) is 2.37. The van der Waals surface area contributed by atoms with Crippen molar-refractivity contribution < 1.29 is 19.2 Å². The fourth-order valence-electron chi connectivity index (χ4n) is 2.07. The number of benzene rings is 1. The Morgan fingerprint density at radius 3 is 2.48 bits per heavy atom. The van der Waals surface area contributed by atoms with Crippen LogP contribution in [0.1, 0.15) is 20.3 Å². The highest BCUT2D eigenvalue weighted by atomic mass is 35.5. The van der Waals surface area contributed by atoms with Gasteiger partial charge in [-0.1, -0.05) is 23.2 Å². The van der Waals surface area contributed by atoms with Gasteiger partial charge in [0.2, 0.25) is 0 Å². The van der Waals surface area contributed by atoms with Crippen molar-refractivity contribution in [2.24, 2.45) is 0 Å². The lowest BCUT2D eigenvalue weighted by Gasteiger charge is -2.14. The smallest absolute Gasteiger partial charge is 0.279 e. The van der Waals surface area contributed by atoms with E-state index in [1.165, 1.54) is 0 Å². The summed E-state index contributed by atoms with van der Waals surface area (Å²) in [5.74, 6) is -0.293. The Morgan fingerprint density at radius 2 is 1.84 bits per heavy atom. The van der Waals surface area contributed by atoms with Gasteiger partial charge in [0.25, 0.3) is 11.8 Å². The average molecular weight is 391 g/mol. The number of halogens is 2. The molecule has 0 aromatic heterocycles. The molecule has 1 aromatic carbocycles. The Kier molecular flexibility index (Phi) is 9.82. The predicted octanol–water partition coefficient (Wildman–Crippen LogP) is 1.38. The fraction of sp³-hybridized carbons (Fsp3) is 0.529. The number of hydrogen-bond acceptors (Lipinski definition) is 3. The molecule has 0 fully saturated rings. The summed E-state index contributed by atoms with van der Waals surface area (Å²) in [5.41, 5.74) is 0.571. The molecule has 1 unspecified atom stereocenters. The van der Waals surface area contributed by atoms with Crippen LogP contribution in [0.25, 0.3) is 0 Å². The lowest BCUT2D eigenvalue weighted by atomic mass is 10.3. The maximum atomic E-state index is 12.0. The van der Waals surface area contributed by atoms with Crippen molar-refractivity contribution in [3.63, 3.8) is 0 Å².